The topological polar surface area (TPSA) is 78.4 Å². The van der Waals surface area contributed by atoms with E-state index >= 15 is 0 Å². The zero-order valence-electron chi connectivity index (χ0n) is 20.4. The van der Waals surface area contributed by atoms with Crippen LogP contribution in [0.2, 0.25) is 10.0 Å². The average Bonchev–Trinajstić information content (AvgIpc) is 3.42. The minimum Gasteiger partial charge on any atom is -0.354 e. The standard InChI is InChI=1S/C28H29Cl2N5O2/c29-23-6-3-21(25(30)17-23)16-27(36)34-13-9-20(10-14-34)19-4-7-24(8-5-19)32-28(37)22-11-15-35(18-22)26-2-1-12-31-33-26/h1-8,12,17,20,22H,9-11,13-16,18H2,(H,32,37)/t22-/m0/s1. The average molecular weight is 538 g/mol. The summed E-state index contributed by atoms with van der Waals surface area (Å²) in [6, 6.07) is 17.2. The van der Waals surface area contributed by atoms with Crippen LogP contribution in [0.4, 0.5) is 11.5 Å². The summed E-state index contributed by atoms with van der Waals surface area (Å²) in [5.41, 5.74) is 2.84. The molecule has 2 saturated heterocycles. The molecule has 2 aliphatic rings. The Bertz CT molecular complexity index is 1250. The van der Waals surface area contributed by atoms with Gasteiger partial charge in [0.15, 0.2) is 5.82 Å². The van der Waals surface area contributed by atoms with E-state index in [1.807, 2.05) is 35.2 Å². The summed E-state index contributed by atoms with van der Waals surface area (Å²) >= 11 is 12.2. The number of hydrogen-bond acceptors (Lipinski definition) is 5. The summed E-state index contributed by atoms with van der Waals surface area (Å²) < 4.78 is 0. The van der Waals surface area contributed by atoms with Gasteiger partial charge in [-0.15, -0.1) is 5.10 Å². The summed E-state index contributed by atoms with van der Waals surface area (Å²) in [5, 5.41) is 12.2. The van der Waals surface area contributed by atoms with E-state index in [-0.39, 0.29) is 24.2 Å². The summed E-state index contributed by atoms with van der Waals surface area (Å²) in [5.74, 6) is 1.25. The van der Waals surface area contributed by atoms with Gasteiger partial charge in [0, 0.05) is 48.1 Å². The van der Waals surface area contributed by atoms with Gasteiger partial charge in [0.2, 0.25) is 11.8 Å². The van der Waals surface area contributed by atoms with E-state index in [0.29, 0.717) is 22.5 Å². The molecular weight excluding hydrogens is 509 g/mol. The van der Waals surface area contributed by atoms with Gasteiger partial charge in [0.1, 0.15) is 0 Å². The molecule has 0 saturated carbocycles. The number of hydrogen-bond donors (Lipinski definition) is 1. The quantitative estimate of drug-likeness (QED) is 0.467. The highest BCUT2D eigenvalue weighted by Crippen LogP contribution is 2.30. The van der Waals surface area contributed by atoms with Gasteiger partial charge in [-0.2, -0.15) is 5.10 Å². The number of likely N-dealkylation sites (tertiary alicyclic amines) is 1. The maximum atomic E-state index is 12.8. The molecule has 0 unspecified atom stereocenters. The van der Waals surface area contributed by atoms with Crippen LogP contribution in [0.15, 0.2) is 60.8 Å². The van der Waals surface area contributed by atoms with Crippen molar-refractivity contribution in [1.29, 1.82) is 0 Å². The lowest BCUT2D eigenvalue weighted by molar-refractivity contribution is -0.131. The Balaban J connectivity index is 1.10. The van der Waals surface area contributed by atoms with Gasteiger partial charge in [0.05, 0.1) is 12.3 Å². The van der Waals surface area contributed by atoms with E-state index in [1.165, 1.54) is 5.56 Å². The largest absolute Gasteiger partial charge is 0.354 e. The number of halogens is 2. The summed E-state index contributed by atoms with van der Waals surface area (Å²) in [7, 11) is 0. The van der Waals surface area contributed by atoms with E-state index in [0.717, 1.165) is 56.0 Å². The number of rotatable bonds is 6. The Morgan fingerprint density at radius 2 is 1.76 bits per heavy atom. The van der Waals surface area contributed by atoms with Crippen LogP contribution in [0.5, 0.6) is 0 Å². The number of piperidine rings is 1. The second-order valence-electron chi connectivity index (χ2n) is 9.69. The normalized spacial score (nSPS) is 18.2. The molecule has 7 nitrogen and oxygen atoms in total. The van der Waals surface area contributed by atoms with Crippen molar-refractivity contribution in [3.05, 3.63) is 82.0 Å². The van der Waals surface area contributed by atoms with Gasteiger partial charge in [0.25, 0.3) is 0 Å². The fraction of sp³-hybridized carbons (Fsp3) is 0.357. The molecule has 0 spiro atoms. The van der Waals surface area contributed by atoms with E-state index in [9.17, 15) is 9.59 Å². The molecule has 2 fully saturated rings. The lowest BCUT2D eigenvalue weighted by Crippen LogP contribution is -2.38. The van der Waals surface area contributed by atoms with Crippen molar-refractivity contribution in [2.45, 2.75) is 31.6 Å². The van der Waals surface area contributed by atoms with Crippen molar-refractivity contribution in [1.82, 2.24) is 15.1 Å². The van der Waals surface area contributed by atoms with Crippen molar-refractivity contribution in [2.24, 2.45) is 5.92 Å². The highest BCUT2D eigenvalue weighted by Gasteiger charge is 2.29. The smallest absolute Gasteiger partial charge is 0.229 e. The molecule has 2 aromatic carbocycles. The fourth-order valence-corrected chi connectivity index (χ4v) is 5.60. The fourth-order valence-electron chi connectivity index (χ4n) is 5.13. The highest BCUT2D eigenvalue weighted by molar-refractivity contribution is 6.35. The number of amides is 2. The Labute approximate surface area is 226 Å². The molecule has 3 heterocycles. The van der Waals surface area contributed by atoms with Gasteiger partial charge in [-0.1, -0.05) is 41.4 Å². The predicted molar refractivity (Wildman–Crippen MR) is 146 cm³/mol. The number of benzene rings is 2. The number of anilines is 2. The van der Waals surface area contributed by atoms with E-state index < -0.39 is 0 Å². The third-order valence-electron chi connectivity index (χ3n) is 7.30. The van der Waals surface area contributed by atoms with Crippen LogP contribution < -0.4 is 10.2 Å². The van der Waals surface area contributed by atoms with Crippen molar-refractivity contribution in [3.63, 3.8) is 0 Å². The first-order chi connectivity index (χ1) is 18.0. The molecule has 9 heteroatoms. The van der Waals surface area contributed by atoms with Gasteiger partial charge < -0.3 is 15.1 Å². The second-order valence-corrected chi connectivity index (χ2v) is 10.5. The number of nitrogens with one attached hydrogen (secondary N) is 1. The molecule has 2 amide bonds. The van der Waals surface area contributed by atoms with Crippen LogP contribution >= 0.6 is 23.2 Å². The molecule has 37 heavy (non-hydrogen) atoms. The molecule has 0 bridgehead atoms. The third kappa shape index (κ3) is 6.22. The second kappa shape index (κ2) is 11.5. The first kappa shape index (κ1) is 25.5. The molecule has 1 atom stereocenters. The maximum Gasteiger partial charge on any atom is 0.229 e. The van der Waals surface area contributed by atoms with E-state index in [2.05, 4.69) is 32.5 Å². The summed E-state index contributed by atoms with van der Waals surface area (Å²) in [6.45, 7) is 2.88. The Hall–Kier alpha value is -3.16. The molecular formula is C28H29Cl2N5O2. The summed E-state index contributed by atoms with van der Waals surface area (Å²) in [4.78, 5) is 29.6. The van der Waals surface area contributed by atoms with Crippen LogP contribution in [-0.2, 0) is 16.0 Å². The van der Waals surface area contributed by atoms with Gasteiger partial charge in [-0.05, 0) is 72.7 Å². The Morgan fingerprint density at radius 3 is 2.46 bits per heavy atom. The molecule has 0 aliphatic carbocycles. The Morgan fingerprint density at radius 1 is 0.973 bits per heavy atom. The minimum atomic E-state index is -0.0775. The molecule has 0 radical (unpaired) electrons. The molecule has 192 valence electrons. The number of carbonyl (C=O) groups is 2. The van der Waals surface area contributed by atoms with Crippen LogP contribution in [0.25, 0.3) is 0 Å². The SMILES string of the molecule is O=C(Nc1ccc(C2CCN(C(=O)Cc3ccc(Cl)cc3Cl)CC2)cc1)[C@H]1CCN(c2cccnn2)C1. The minimum absolute atomic E-state index is 0.0340. The van der Waals surface area contributed by atoms with Crippen LogP contribution in [0.1, 0.15) is 36.3 Å². The van der Waals surface area contributed by atoms with Crippen molar-refractivity contribution in [2.75, 3.05) is 36.4 Å². The molecule has 3 aromatic rings. The van der Waals surface area contributed by atoms with Crippen LogP contribution in [0.3, 0.4) is 0 Å². The van der Waals surface area contributed by atoms with Crippen molar-refractivity contribution >= 4 is 46.5 Å². The maximum absolute atomic E-state index is 12.8. The van der Waals surface area contributed by atoms with Gasteiger partial charge in [-0.3, -0.25) is 9.59 Å². The number of carbonyl (C=O) groups excluding carboxylic acids is 2. The molecule has 1 N–H and O–H groups in total. The Kier molecular flexibility index (Phi) is 7.91. The lowest BCUT2D eigenvalue weighted by Gasteiger charge is -2.32. The van der Waals surface area contributed by atoms with Gasteiger partial charge in [-0.25, -0.2) is 0 Å². The molecule has 1 aromatic heterocycles. The molecule has 2 aliphatic heterocycles. The zero-order chi connectivity index (χ0) is 25.8. The summed E-state index contributed by atoms with van der Waals surface area (Å²) in [6.07, 6.45) is 4.54. The van der Waals surface area contributed by atoms with Crippen LogP contribution in [-0.4, -0.2) is 53.1 Å². The highest BCUT2D eigenvalue weighted by atomic mass is 35.5. The van der Waals surface area contributed by atoms with Crippen molar-refractivity contribution in [3.8, 4) is 0 Å². The lowest BCUT2D eigenvalue weighted by atomic mass is 9.89. The number of nitrogens with zero attached hydrogens (tertiary/aromatic N) is 4. The predicted octanol–water partition coefficient (Wildman–Crippen LogP) is 5.20. The molecule has 5 rings (SSSR count). The third-order valence-corrected chi connectivity index (χ3v) is 7.88. The zero-order valence-corrected chi connectivity index (χ0v) is 22.0. The first-order valence-electron chi connectivity index (χ1n) is 12.6. The van der Waals surface area contributed by atoms with Crippen molar-refractivity contribution < 1.29 is 9.59 Å². The number of aromatic nitrogens is 2. The van der Waals surface area contributed by atoms with Crippen LogP contribution in [0, 0.1) is 5.92 Å². The first-order valence-corrected chi connectivity index (χ1v) is 13.4. The van der Waals surface area contributed by atoms with E-state index in [4.69, 9.17) is 23.2 Å². The monoisotopic (exact) mass is 537 g/mol. The van der Waals surface area contributed by atoms with Gasteiger partial charge >= 0.3 is 0 Å². The van der Waals surface area contributed by atoms with E-state index in [1.54, 1.807) is 18.3 Å².